The van der Waals surface area contributed by atoms with Gasteiger partial charge < -0.3 is 14.2 Å². The van der Waals surface area contributed by atoms with Crippen LogP contribution in [0.2, 0.25) is 0 Å². The Balaban J connectivity index is 1.91. The molecule has 0 aliphatic carbocycles. The largest absolute Gasteiger partial charge is 0.493 e. The van der Waals surface area contributed by atoms with E-state index >= 15 is 0 Å². The van der Waals surface area contributed by atoms with Crippen LogP contribution in [0.3, 0.4) is 0 Å². The molecule has 0 aromatic heterocycles. The van der Waals surface area contributed by atoms with Crippen LogP contribution in [-0.2, 0) is 11.2 Å². The number of hydrogen-bond donors (Lipinski definition) is 0. The number of benzene rings is 1. The molecule has 2 aliphatic heterocycles. The molecule has 1 aromatic carbocycles. The first kappa shape index (κ1) is 19.1. The third-order valence-corrected chi connectivity index (χ3v) is 5.61. The van der Waals surface area contributed by atoms with E-state index in [1.807, 2.05) is 0 Å². The Morgan fingerprint density at radius 2 is 1.96 bits per heavy atom. The van der Waals surface area contributed by atoms with Gasteiger partial charge >= 0.3 is 0 Å². The molecule has 0 bridgehead atoms. The predicted octanol–water partition coefficient (Wildman–Crippen LogP) is 3.34. The summed E-state index contributed by atoms with van der Waals surface area (Å²) in [7, 11) is 8.67. The fourth-order valence-electron chi connectivity index (χ4n) is 4.53. The summed E-state index contributed by atoms with van der Waals surface area (Å²) in [5.41, 5.74) is 2.53. The lowest BCUT2D eigenvalue weighted by atomic mass is 9.79. The Hall–Kier alpha value is -1.69. The summed E-state index contributed by atoms with van der Waals surface area (Å²) in [6.45, 7) is 6.34. The van der Waals surface area contributed by atoms with E-state index in [2.05, 4.69) is 30.9 Å². The average molecular weight is 357 g/mol. The molecule has 0 saturated carbocycles. The number of methoxy groups -OCH3 is 2. The normalized spacial score (nSPS) is 25.3. The van der Waals surface area contributed by atoms with Gasteiger partial charge in [0, 0.05) is 31.5 Å². The number of ether oxygens (including phenoxy) is 3. The second-order valence-electron chi connectivity index (χ2n) is 7.77. The molecular formula is C20H28BNO4. The van der Waals surface area contributed by atoms with E-state index in [1.54, 1.807) is 14.2 Å². The zero-order valence-corrected chi connectivity index (χ0v) is 16.2. The first-order chi connectivity index (χ1) is 12.4. The lowest BCUT2D eigenvalue weighted by molar-refractivity contribution is -0.0220. The number of fused-ring (bicyclic) bond motifs is 3. The lowest BCUT2D eigenvalue weighted by Crippen LogP contribution is -2.49. The van der Waals surface area contributed by atoms with Gasteiger partial charge in [-0.25, -0.2) is 0 Å². The first-order valence-corrected chi connectivity index (χ1v) is 9.37. The van der Waals surface area contributed by atoms with Crippen LogP contribution < -0.4 is 9.47 Å². The van der Waals surface area contributed by atoms with Gasteiger partial charge in [0.2, 0.25) is 13.7 Å². The Morgan fingerprint density at radius 3 is 2.58 bits per heavy atom. The Morgan fingerprint density at radius 1 is 1.27 bits per heavy atom. The molecule has 2 radical (unpaired) electrons. The third kappa shape index (κ3) is 3.85. The van der Waals surface area contributed by atoms with Crippen molar-refractivity contribution in [2.75, 3.05) is 27.3 Å². The van der Waals surface area contributed by atoms with E-state index < -0.39 is 5.87 Å². The van der Waals surface area contributed by atoms with Gasteiger partial charge in [-0.3, -0.25) is 9.69 Å². The highest BCUT2D eigenvalue weighted by Gasteiger charge is 2.40. The topological polar surface area (TPSA) is 48.0 Å². The van der Waals surface area contributed by atoms with Crippen molar-refractivity contribution in [2.45, 2.75) is 45.3 Å². The van der Waals surface area contributed by atoms with Crippen LogP contribution in [0.25, 0.3) is 0 Å². The molecule has 0 spiro atoms. The van der Waals surface area contributed by atoms with Crippen LogP contribution in [0, 0.1) is 11.8 Å². The number of hydrogen-bond acceptors (Lipinski definition) is 5. The maximum atomic E-state index is 11.4. The molecule has 140 valence electrons. The van der Waals surface area contributed by atoms with E-state index in [9.17, 15) is 4.79 Å². The van der Waals surface area contributed by atoms with Crippen LogP contribution in [0.15, 0.2) is 12.1 Å². The number of carbonyl (C=O) groups is 1. The van der Waals surface area contributed by atoms with E-state index in [-0.39, 0.29) is 12.1 Å². The molecule has 0 N–H and O–H groups in total. The van der Waals surface area contributed by atoms with Crippen molar-refractivity contribution in [3.63, 3.8) is 0 Å². The molecule has 1 saturated heterocycles. The minimum atomic E-state index is -0.680. The van der Waals surface area contributed by atoms with Gasteiger partial charge in [0.05, 0.1) is 14.2 Å². The number of carbonyl (C=O) groups excluding carboxylic acids is 1. The van der Waals surface area contributed by atoms with Gasteiger partial charge in [0.25, 0.3) is 0 Å². The van der Waals surface area contributed by atoms with E-state index in [0.29, 0.717) is 11.8 Å². The molecule has 3 atom stereocenters. The zero-order chi connectivity index (χ0) is 18.8. The minimum Gasteiger partial charge on any atom is -0.493 e. The van der Waals surface area contributed by atoms with Crippen molar-refractivity contribution >= 4 is 13.7 Å². The zero-order valence-electron chi connectivity index (χ0n) is 16.2. The monoisotopic (exact) mass is 357 g/mol. The summed E-state index contributed by atoms with van der Waals surface area (Å²) >= 11 is 0. The van der Waals surface area contributed by atoms with Crippen LogP contribution in [0.4, 0.5) is 4.79 Å². The molecule has 3 rings (SSSR count). The summed E-state index contributed by atoms with van der Waals surface area (Å²) in [6, 6.07) is 4.37. The Labute approximate surface area is 157 Å². The maximum absolute atomic E-state index is 11.4. The SMILES string of the molecule is [B]C(=O)OC1CC2c3cc(OC)c(OC)cc3CCN2CC1CC(C)C. The molecule has 0 amide bonds. The highest BCUT2D eigenvalue weighted by Crippen LogP contribution is 2.44. The molecule has 5 nitrogen and oxygen atoms in total. The van der Waals surface area contributed by atoms with Gasteiger partial charge in [-0.1, -0.05) is 13.8 Å². The Bertz CT molecular complexity index is 663. The summed E-state index contributed by atoms with van der Waals surface area (Å²) in [5.74, 6) is 1.70. The second kappa shape index (κ2) is 7.91. The van der Waals surface area contributed by atoms with Crippen molar-refractivity contribution in [1.29, 1.82) is 0 Å². The van der Waals surface area contributed by atoms with Gasteiger partial charge in [-0.05, 0) is 42.0 Å². The second-order valence-corrected chi connectivity index (χ2v) is 7.77. The van der Waals surface area contributed by atoms with Crippen molar-refractivity contribution in [3.05, 3.63) is 23.3 Å². The van der Waals surface area contributed by atoms with Crippen LogP contribution in [0.1, 0.15) is 43.9 Å². The molecule has 3 unspecified atom stereocenters. The molecule has 2 aliphatic rings. The third-order valence-electron chi connectivity index (χ3n) is 5.61. The summed E-state index contributed by atoms with van der Waals surface area (Å²) in [6.07, 6.45) is 2.64. The predicted molar refractivity (Wildman–Crippen MR) is 101 cm³/mol. The van der Waals surface area contributed by atoms with Gasteiger partial charge in [0.15, 0.2) is 11.5 Å². The van der Waals surface area contributed by atoms with E-state index in [0.717, 1.165) is 43.9 Å². The fourth-order valence-corrected chi connectivity index (χ4v) is 4.53. The van der Waals surface area contributed by atoms with Gasteiger partial charge in [-0.2, -0.15) is 0 Å². The molecule has 6 heteroatoms. The number of nitrogens with zero attached hydrogens (tertiary/aromatic N) is 1. The van der Waals surface area contributed by atoms with Crippen LogP contribution in [-0.4, -0.2) is 52.0 Å². The first-order valence-electron chi connectivity index (χ1n) is 9.37. The van der Waals surface area contributed by atoms with Gasteiger partial charge in [-0.15, -0.1) is 0 Å². The van der Waals surface area contributed by atoms with Gasteiger partial charge in [0.1, 0.15) is 6.10 Å². The maximum Gasteiger partial charge on any atom is 0.235 e. The standard InChI is InChI=1S/C20H28BNO4/c1-12(2)7-14-11-22-6-5-13-8-18(24-3)19(25-4)9-15(13)16(22)10-17(14)26-20(21)23/h8-9,12,14,16-17H,5-7,10-11H2,1-4H3. The van der Waals surface area contributed by atoms with E-state index in [4.69, 9.17) is 22.1 Å². The van der Waals surface area contributed by atoms with E-state index in [1.165, 1.54) is 11.1 Å². The average Bonchev–Trinajstić information content (AvgIpc) is 2.60. The molecular weight excluding hydrogens is 329 g/mol. The molecule has 2 heterocycles. The highest BCUT2D eigenvalue weighted by atomic mass is 16.5. The smallest absolute Gasteiger partial charge is 0.235 e. The summed E-state index contributed by atoms with van der Waals surface area (Å²) in [5, 5.41) is 0. The van der Waals surface area contributed by atoms with Crippen molar-refractivity contribution in [3.8, 4) is 11.5 Å². The lowest BCUT2D eigenvalue weighted by Gasteiger charge is -2.47. The van der Waals surface area contributed by atoms with Crippen molar-refractivity contribution < 1.29 is 19.0 Å². The fraction of sp³-hybridized carbons (Fsp3) is 0.650. The Kier molecular flexibility index (Phi) is 5.81. The van der Waals surface area contributed by atoms with Crippen LogP contribution in [0.5, 0.6) is 11.5 Å². The molecule has 1 aromatic rings. The summed E-state index contributed by atoms with van der Waals surface area (Å²) < 4.78 is 16.5. The quantitative estimate of drug-likeness (QED) is 0.757. The van der Waals surface area contributed by atoms with Crippen molar-refractivity contribution in [2.24, 2.45) is 11.8 Å². The summed E-state index contributed by atoms with van der Waals surface area (Å²) in [4.78, 5) is 14.0. The highest BCUT2D eigenvalue weighted by molar-refractivity contribution is 6.55. The van der Waals surface area contributed by atoms with Crippen LogP contribution >= 0.6 is 0 Å². The number of piperidine rings is 1. The minimum absolute atomic E-state index is 0.143. The number of rotatable bonds is 5. The molecule has 1 fully saturated rings. The molecule has 26 heavy (non-hydrogen) atoms. The van der Waals surface area contributed by atoms with Crippen molar-refractivity contribution in [1.82, 2.24) is 4.90 Å².